The zero-order chi connectivity index (χ0) is 99.8. The van der Waals surface area contributed by atoms with Gasteiger partial charge in [-0.25, -0.2) is 0 Å². The van der Waals surface area contributed by atoms with Crippen LogP contribution in [0.1, 0.15) is 236 Å². The van der Waals surface area contributed by atoms with E-state index in [0.717, 1.165) is 75.5 Å². The van der Waals surface area contributed by atoms with Crippen molar-refractivity contribution < 1.29 is 114 Å². The van der Waals surface area contributed by atoms with Gasteiger partial charge < -0.3 is 81.3 Å². The minimum Gasteiger partial charge on any atom is -0.462 e. The molecule has 0 aliphatic rings. The number of ether oxygens (including phenoxy) is 12. The molecule has 0 heterocycles. The molecular weight excluding hydrogens is 1850 g/mol. The Kier molecular flexibility index (Phi) is 87.3. The summed E-state index contributed by atoms with van der Waals surface area (Å²) in [6.45, 7) is 24.2. The number of esters is 12. The standard InChI is InChI=1S/C100H167N5O24S6/c1-14-18-22-26-30-34-38-74-133-80-86(8)98(115)127-70-64-123-94(111)46-56-105(55-45-93(110)122-63-69-126-97(114)85(7)79-132-73-37-33-29-25-21-17-4)58-76-135-82-88(10)100(117)129-66-60-119-90(107)42-52-103(13)50-40-48-101(11)47-39-49-102(12)51-41-89(106)118-59-65-128-99(116)87(9)81-134-75-57-104(53-43-91(108)120-61-67-124-95(112)83(5)77-130-71-35-31-27-23-19-15-2)54-44-92(109)121-62-68-125-96(113)84(6)78-131-72-36-32-28-24-20-16-3/h83-88H,15-17,19-21,23-25,27-29,31-33,35-37,39-73,75-82H2,1-13H3. The lowest BCUT2D eigenvalue weighted by Crippen LogP contribution is -2.32. The van der Waals surface area contributed by atoms with Gasteiger partial charge in [0.2, 0.25) is 0 Å². The van der Waals surface area contributed by atoms with E-state index in [2.05, 4.69) is 89.2 Å². The van der Waals surface area contributed by atoms with Crippen LogP contribution in [0.25, 0.3) is 0 Å². The highest BCUT2D eigenvalue weighted by molar-refractivity contribution is 8.04. The van der Waals surface area contributed by atoms with Crippen molar-refractivity contribution in [3.05, 3.63) is 0 Å². The predicted molar refractivity (Wildman–Crippen MR) is 545 cm³/mol. The molecule has 0 aliphatic carbocycles. The van der Waals surface area contributed by atoms with Crippen LogP contribution in [0.2, 0.25) is 0 Å². The third-order valence-electron chi connectivity index (χ3n) is 20.8. The van der Waals surface area contributed by atoms with E-state index < -0.39 is 71.5 Å². The van der Waals surface area contributed by atoms with Gasteiger partial charge in [0, 0.05) is 98.4 Å². The van der Waals surface area contributed by atoms with Gasteiger partial charge in [0.05, 0.1) is 74.0 Å². The van der Waals surface area contributed by atoms with Gasteiger partial charge in [-0.2, -0.15) is 58.8 Å². The summed E-state index contributed by atoms with van der Waals surface area (Å²) in [7, 11) is 5.94. The largest absolute Gasteiger partial charge is 0.462 e. The van der Waals surface area contributed by atoms with Crippen molar-refractivity contribution in [1.82, 2.24) is 24.5 Å². The second-order valence-electron chi connectivity index (χ2n) is 33.6. The molecule has 35 heteroatoms. The smallest absolute Gasteiger partial charge is 0.309 e. The summed E-state index contributed by atoms with van der Waals surface area (Å²) in [4.78, 5) is 163. The normalized spacial score (nSPS) is 12.4. The van der Waals surface area contributed by atoms with Crippen LogP contribution in [-0.2, 0) is 114 Å². The molecule has 0 rings (SSSR count). The lowest BCUT2D eigenvalue weighted by atomic mass is 10.1. The Morgan fingerprint density at radius 1 is 0.237 bits per heavy atom. The first kappa shape index (κ1) is 129. The fraction of sp³-hybridized carbons (Fsp3) is 0.800. The SMILES string of the molecule is CC#CC#CC#CC#CSCC(C)C(=O)OCCOC(=O)CCN(CCSCC(C)C(=O)OCCOC(=O)CCN(C)CCCN(C)CCCN(C)CCC(=O)OCCOC(=O)C(C)CSCCN(CCC(=O)OCCOC(=O)C(C)CSCCCCCCCC)CCC(=O)OCCOC(=O)C(C)CSCCCCCCCC)CCC(=O)OCCOC(=O)C(C)CSCCCCCCCC. The van der Waals surface area contributed by atoms with Gasteiger partial charge in [0.1, 0.15) is 79.3 Å². The molecule has 0 fully saturated rings. The van der Waals surface area contributed by atoms with Gasteiger partial charge in [-0.05, 0) is 144 Å². The maximum absolute atomic E-state index is 13.0. The molecule has 772 valence electrons. The molecule has 0 aromatic rings. The lowest BCUT2D eigenvalue weighted by molar-refractivity contribution is -0.154. The predicted octanol–water partition coefficient (Wildman–Crippen LogP) is 14.3. The first-order chi connectivity index (χ1) is 65.1. The molecule has 29 nitrogen and oxygen atoms in total. The lowest BCUT2D eigenvalue weighted by Gasteiger charge is -2.22. The number of hydrogen-bond donors (Lipinski definition) is 0. The van der Waals surface area contributed by atoms with Crippen LogP contribution < -0.4 is 0 Å². The van der Waals surface area contributed by atoms with Crippen molar-refractivity contribution >= 4 is 142 Å². The summed E-state index contributed by atoms with van der Waals surface area (Å²) in [6.07, 6.45) is 24.0. The minimum absolute atomic E-state index is 0.00310. The van der Waals surface area contributed by atoms with E-state index in [1.165, 1.54) is 132 Å². The van der Waals surface area contributed by atoms with Crippen molar-refractivity contribution in [3.63, 3.8) is 0 Å². The molecule has 0 aliphatic heterocycles. The van der Waals surface area contributed by atoms with Crippen LogP contribution in [0.3, 0.4) is 0 Å². The van der Waals surface area contributed by atoms with Gasteiger partial charge in [-0.15, -0.1) is 0 Å². The van der Waals surface area contributed by atoms with E-state index in [-0.39, 0.29) is 180 Å². The molecule has 0 radical (unpaired) electrons. The van der Waals surface area contributed by atoms with Crippen molar-refractivity contribution in [1.29, 1.82) is 0 Å². The Hall–Kier alpha value is -6.22. The molecule has 135 heavy (non-hydrogen) atoms. The number of thioether (sulfide) groups is 6. The molecule has 6 atom stereocenters. The van der Waals surface area contributed by atoms with Crippen molar-refractivity contribution in [2.75, 3.05) is 242 Å². The molecule has 0 N–H and O–H groups in total. The third-order valence-corrected chi connectivity index (χ3v) is 28.1. The fourth-order valence-corrected chi connectivity index (χ4v) is 18.2. The molecule has 0 saturated heterocycles. The van der Waals surface area contributed by atoms with E-state index in [4.69, 9.17) is 56.8 Å². The molecule has 0 aromatic heterocycles. The van der Waals surface area contributed by atoms with Gasteiger partial charge in [-0.1, -0.05) is 176 Å². The Labute approximate surface area is 836 Å². The van der Waals surface area contributed by atoms with Crippen LogP contribution in [-0.4, -0.2) is 338 Å². The zero-order valence-corrected chi connectivity index (χ0v) is 89.0. The van der Waals surface area contributed by atoms with Gasteiger partial charge in [0.15, 0.2) is 0 Å². The monoisotopic (exact) mass is 2010 g/mol. The van der Waals surface area contributed by atoms with E-state index in [9.17, 15) is 57.5 Å². The average Bonchev–Trinajstić information content (AvgIpc) is 1.08. The quantitative estimate of drug-likeness (QED) is 0.0236. The van der Waals surface area contributed by atoms with Crippen molar-refractivity contribution in [2.45, 2.75) is 236 Å². The molecule has 0 amide bonds. The van der Waals surface area contributed by atoms with Crippen LogP contribution in [0, 0.1) is 82.2 Å². The second kappa shape index (κ2) is 91.5. The summed E-state index contributed by atoms with van der Waals surface area (Å²) in [5.41, 5.74) is 0. The third kappa shape index (κ3) is 82.2. The van der Waals surface area contributed by atoms with Gasteiger partial charge in [-0.3, -0.25) is 57.5 Å². The molecule has 0 bridgehead atoms. The summed E-state index contributed by atoms with van der Waals surface area (Å²) in [5, 5.41) is 2.80. The molecule has 0 aromatic carbocycles. The maximum atomic E-state index is 13.0. The summed E-state index contributed by atoms with van der Waals surface area (Å²) < 4.78 is 64.7. The van der Waals surface area contributed by atoms with Crippen molar-refractivity contribution in [2.24, 2.45) is 35.5 Å². The second-order valence-corrected chi connectivity index (χ2v) is 40.2. The van der Waals surface area contributed by atoms with Crippen LogP contribution >= 0.6 is 70.6 Å². The topological polar surface area (TPSA) is 332 Å². The minimum atomic E-state index is -0.521. The number of nitrogens with zero attached hydrogens (tertiary/aromatic N) is 5. The summed E-state index contributed by atoms with van der Waals surface area (Å²) >= 11 is 9.47. The number of hydrogen-bond acceptors (Lipinski definition) is 35. The van der Waals surface area contributed by atoms with E-state index in [1.54, 1.807) is 63.0 Å². The number of rotatable bonds is 89. The maximum Gasteiger partial charge on any atom is 0.309 e. The highest BCUT2D eigenvalue weighted by Crippen LogP contribution is 2.20. The Bertz CT molecular complexity index is 3410. The van der Waals surface area contributed by atoms with Crippen LogP contribution in [0.15, 0.2) is 0 Å². The Balaban J connectivity index is 4.86. The van der Waals surface area contributed by atoms with Gasteiger partial charge >= 0.3 is 71.6 Å². The first-order valence-electron chi connectivity index (χ1n) is 49.0. The summed E-state index contributed by atoms with van der Waals surface area (Å²) in [5.74, 6) is 18.2. The van der Waals surface area contributed by atoms with Crippen molar-refractivity contribution in [3.8, 4) is 46.7 Å². The molecule has 6 unspecified atom stereocenters. The van der Waals surface area contributed by atoms with Crippen LogP contribution in [0.5, 0.6) is 0 Å². The van der Waals surface area contributed by atoms with E-state index in [1.807, 2.05) is 44.7 Å². The highest BCUT2D eigenvalue weighted by atomic mass is 32.2. The number of carbonyl (C=O) groups is 12. The number of carbonyl (C=O) groups excluding carboxylic acids is 12. The van der Waals surface area contributed by atoms with Crippen LogP contribution in [0.4, 0.5) is 0 Å². The summed E-state index contributed by atoms with van der Waals surface area (Å²) in [6, 6.07) is 0. The molecule has 0 saturated carbocycles. The van der Waals surface area contributed by atoms with Gasteiger partial charge in [0.25, 0.3) is 0 Å². The Morgan fingerprint density at radius 3 is 0.719 bits per heavy atom. The molecular formula is C100H167N5O24S6. The number of unbranched alkanes of at least 4 members (excludes halogenated alkanes) is 15. The molecule has 0 spiro atoms. The Morgan fingerprint density at radius 2 is 0.452 bits per heavy atom. The zero-order valence-electron chi connectivity index (χ0n) is 84.1. The average molecular weight is 2020 g/mol. The first-order valence-corrected chi connectivity index (χ1v) is 55.8. The van der Waals surface area contributed by atoms with E-state index >= 15 is 0 Å². The fourth-order valence-electron chi connectivity index (χ4n) is 12.3. The highest BCUT2D eigenvalue weighted by Gasteiger charge is 2.24. The van der Waals surface area contributed by atoms with E-state index in [0.29, 0.717) is 72.2 Å².